The van der Waals surface area contributed by atoms with Crippen LogP contribution < -0.4 is 10.6 Å². The van der Waals surface area contributed by atoms with E-state index >= 15 is 0 Å². The lowest BCUT2D eigenvalue weighted by Gasteiger charge is -2.22. The van der Waals surface area contributed by atoms with E-state index < -0.39 is 0 Å². The summed E-state index contributed by atoms with van der Waals surface area (Å²) in [5, 5.41) is 10.9. The molecule has 0 bridgehead atoms. The Labute approximate surface area is 174 Å². The van der Waals surface area contributed by atoms with Crippen molar-refractivity contribution in [2.24, 2.45) is 4.99 Å². The van der Waals surface area contributed by atoms with Crippen LogP contribution in [0.1, 0.15) is 69.4 Å². The standard InChI is InChI=1S/C19H34N4O2.HI/c1-4-17-16(18(5-2)25-23-17)14-22-19(20-3)21-12-9-13-24-15-10-7-6-8-11-15;/h15H,4-14H2,1-3H3,(H2,20,21,22);1H. The van der Waals surface area contributed by atoms with E-state index in [-0.39, 0.29) is 24.0 Å². The first-order valence-electron chi connectivity index (χ1n) is 9.80. The molecule has 1 aliphatic rings. The molecule has 2 rings (SSSR count). The molecule has 7 heteroatoms. The summed E-state index contributed by atoms with van der Waals surface area (Å²) < 4.78 is 11.4. The molecule has 1 fully saturated rings. The Morgan fingerprint density at radius 2 is 1.96 bits per heavy atom. The highest BCUT2D eigenvalue weighted by Gasteiger charge is 2.14. The molecule has 26 heavy (non-hydrogen) atoms. The summed E-state index contributed by atoms with van der Waals surface area (Å²) in [5.74, 6) is 1.77. The van der Waals surface area contributed by atoms with Crippen molar-refractivity contribution in [1.29, 1.82) is 0 Å². The van der Waals surface area contributed by atoms with E-state index in [2.05, 4.69) is 34.6 Å². The minimum absolute atomic E-state index is 0. The van der Waals surface area contributed by atoms with Gasteiger partial charge in [0.2, 0.25) is 0 Å². The van der Waals surface area contributed by atoms with Gasteiger partial charge in [0.15, 0.2) is 5.96 Å². The molecule has 0 amide bonds. The van der Waals surface area contributed by atoms with Gasteiger partial charge >= 0.3 is 0 Å². The van der Waals surface area contributed by atoms with Crippen molar-refractivity contribution in [3.8, 4) is 0 Å². The van der Waals surface area contributed by atoms with E-state index in [1.165, 1.54) is 32.1 Å². The van der Waals surface area contributed by atoms with Crippen molar-refractivity contribution in [2.45, 2.75) is 77.9 Å². The summed E-state index contributed by atoms with van der Waals surface area (Å²) in [6.45, 7) is 6.55. The molecule has 0 aromatic carbocycles. The number of aliphatic imine (C=N–C) groups is 1. The van der Waals surface area contributed by atoms with Crippen LogP contribution in [0.2, 0.25) is 0 Å². The zero-order valence-electron chi connectivity index (χ0n) is 16.5. The molecule has 0 spiro atoms. The van der Waals surface area contributed by atoms with Gasteiger partial charge in [0.05, 0.1) is 11.8 Å². The highest BCUT2D eigenvalue weighted by atomic mass is 127. The fourth-order valence-electron chi connectivity index (χ4n) is 3.29. The summed E-state index contributed by atoms with van der Waals surface area (Å²) in [4.78, 5) is 4.29. The van der Waals surface area contributed by atoms with E-state index in [0.717, 1.165) is 55.4 Å². The van der Waals surface area contributed by atoms with Crippen LogP contribution in [-0.2, 0) is 24.1 Å². The number of halogens is 1. The Morgan fingerprint density at radius 1 is 1.19 bits per heavy atom. The van der Waals surface area contributed by atoms with Crippen LogP contribution in [0.4, 0.5) is 0 Å². The maximum atomic E-state index is 5.96. The molecular weight excluding hydrogens is 443 g/mol. The molecule has 6 nitrogen and oxygen atoms in total. The molecule has 1 aliphatic carbocycles. The van der Waals surface area contributed by atoms with Crippen molar-refractivity contribution < 1.29 is 9.26 Å². The lowest BCUT2D eigenvalue weighted by molar-refractivity contribution is 0.0277. The number of aromatic nitrogens is 1. The zero-order valence-corrected chi connectivity index (χ0v) is 18.8. The first-order chi connectivity index (χ1) is 12.3. The van der Waals surface area contributed by atoms with Gasteiger partial charge in [-0.05, 0) is 25.7 Å². The molecule has 0 radical (unpaired) electrons. The van der Waals surface area contributed by atoms with Crippen molar-refractivity contribution in [1.82, 2.24) is 15.8 Å². The van der Waals surface area contributed by atoms with Crippen LogP contribution in [0.25, 0.3) is 0 Å². The topological polar surface area (TPSA) is 71.7 Å². The lowest BCUT2D eigenvalue weighted by Crippen LogP contribution is -2.38. The first kappa shape index (κ1) is 23.2. The quantitative estimate of drug-likeness (QED) is 0.244. The van der Waals surface area contributed by atoms with Crippen molar-refractivity contribution in [3.63, 3.8) is 0 Å². The average molecular weight is 478 g/mol. The number of guanidine groups is 1. The fraction of sp³-hybridized carbons (Fsp3) is 0.789. The Balaban J connectivity index is 0.00000338. The third kappa shape index (κ3) is 7.42. The molecule has 150 valence electrons. The number of ether oxygens (including phenoxy) is 1. The minimum Gasteiger partial charge on any atom is -0.378 e. The van der Waals surface area contributed by atoms with Gasteiger partial charge in [0, 0.05) is 38.7 Å². The number of nitrogens with one attached hydrogen (secondary N) is 2. The third-order valence-corrected chi connectivity index (χ3v) is 4.78. The second kappa shape index (κ2) is 13.4. The van der Waals surface area contributed by atoms with Crippen LogP contribution in [-0.4, -0.2) is 37.4 Å². The SMILES string of the molecule is CCc1noc(CC)c1CNC(=NC)NCCCOC1CCCCC1.I. The summed E-state index contributed by atoms with van der Waals surface area (Å²) in [6.07, 6.45) is 9.69. The summed E-state index contributed by atoms with van der Waals surface area (Å²) >= 11 is 0. The van der Waals surface area contributed by atoms with Crippen LogP contribution in [0.15, 0.2) is 9.52 Å². The molecule has 0 atom stereocenters. The fourth-order valence-corrected chi connectivity index (χ4v) is 3.29. The van der Waals surface area contributed by atoms with Gasteiger partial charge in [-0.15, -0.1) is 24.0 Å². The number of rotatable bonds is 9. The van der Waals surface area contributed by atoms with Gasteiger partial charge in [-0.1, -0.05) is 38.3 Å². The predicted octanol–water partition coefficient (Wildman–Crippen LogP) is 3.82. The van der Waals surface area contributed by atoms with Gasteiger partial charge in [-0.25, -0.2) is 0 Å². The monoisotopic (exact) mass is 478 g/mol. The van der Waals surface area contributed by atoms with Gasteiger partial charge < -0.3 is 19.9 Å². The molecular formula is C19H35IN4O2. The second-order valence-corrected chi connectivity index (χ2v) is 6.58. The second-order valence-electron chi connectivity index (χ2n) is 6.58. The minimum atomic E-state index is 0. The average Bonchev–Trinajstić information content (AvgIpc) is 3.06. The van der Waals surface area contributed by atoms with E-state index in [1.54, 1.807) is 7.05 Å². The molecule has 0 unspecified atom stereocenters. The Bertz CT molecular complexity index is 506. The van der Waals surface area contributed by atoms with Crippen LogP contribution in [0, 0.1) is 0 Å². The van der Waals surface area contributed by atoms with Gasteiger partial charge in [-0.2, -0.15) is 0 Å². The molecule has 2 N–H and O–H groups in total. The van der Waals surface area contributed by atoms with Crippen LogP contribution in [0.5, 0.6) is 0 Å². The van der Waals surface area contributed by atoms with E-state index in [0.29, 0.717) is 12.6 Å². The van der Waals surface area contributed by atoms with Crippen molar-refractivity contribution in [2.75, 3.05) is 20.2 Å². The Hall–Kier alpha value is -0.830. The molecule has 1 aromatic rings. The van der Waals surface area contributed by atoms with Gasteiger partial charge in [0.1, 0.15) is 5.76 Å². The lowest BCUT2D eigenvalue weighted by atomic mass is 9.98. The molecule has 0 saturated heterocycles. The van der Waals surface area contributed by atoms with E-state index in [4.69, 9.17) is 9.26 Å². The largest absolute Gasteiger partial charge is 0.378 e. The maximum absolute atomic E-state index is 5.96. The molecule has 1 aromatic heterocycles. The smallest absolute Gasteiger partial charge is 0.191 e. The molecule has 0 aliphatic heterocycles. The molecule has 1 heterocycles. The molecule has 1 saturated carbocycles. The number of hydrogen-bond acceptors (Lipinski definition) is 4. The van der Waals surface area contributed by atoms with E-state index in [1.807, 2.05) is 0 Å². The number of hydrogen-bond donors (Lipinski definition) is 2. The number of aryl methyl sites for hydroxylation is 2. The number of nitrogens with zero attached hydrogens (tertiary/aromatic N) is 2. The van der Waals surface area contributed by atoms with Crippen molar-refractivity contribution in [3.05, 3.63) is 17.0 Å². The first-order valence-corrected chi connectivity index (χ1v) is 9.80. The van der Waals surface area contributed by atoms with Crippen molar-refractivity contribution >= 4 is 29.9 Å². The maximum Gasteiger partial charge on any atom is 0.191 e. The highest BCUT2D eigenvalue weighted by molar-refractivity contribution is 14.0. The Kier molecular flexibility index (Phi) is 11.9. The summed E-state index contributed by atoms with van der Waals surface area (Å²) in [6, 6.07) is 0. The van der Waals surface area contributed by atoms with Crippen LogP contribution in [0.3, 0.4) is 0 Å². The summed E-state index contributed by atoms with van der Waals surface area (Å²) in [5.41, 5.74) is 2.19. The van der Waals surface area contributed by atoms with E-state index in [9.17, 15) is 0 Å². The normalized spacial score (nSPS) is 15.6. The predicted molar refractivity (Wildman–Crippen MR) is 116 cm³/mol. The highest BCUT2D eigenvalue weighted by Crippen LogP contribution is 2.20. The van der Waals surface area contributed by atoms with Crippen LogP contribution >= 0.6 is 24.0 Å². The van der Waals surface area contributed by atoms with Gasteiger partial charge in [0.25, 0.3) is 0 Å². The van der Waals surface area contributed by atoms with Gasteiger partial charge in [-0.3, -0.25) is 4.99 Å². The zero-order chi connectivity index (χ0) is 17.9. The Morgan fingerprint density at radius 3 is 2.62 bits per heavy atom. The third-order valence-electron chi connectivity index (χ3n) is 4.78. The summed E-state index contributed by atoms with van der Waals surface area (Å²) in [7, 11) is 1.79.